The number of carbonyl (C=O) groups is 2. The first-order chi connectivity index (χ1) is 12.3. The fourth-order valence-corrected chi connectivity index (χ4v) is 3.09. The number of nitrogens with one attached hydrogen (secondary N) is 2. The lowest BCUT2D eigenvalue weighted by Crippen LogP contribution is -2.47. The molecule has 0 aliphatic heterocycles. The van der Waals surface area contributed by atoms with E-state index in [-0.39, 0.29) is 23.1 Å². The SMILES string of the molecule is CCCCCCCCC(C(=O)NNC(=O)c1ccc(Cl)cc1)C(C)(C)C. The number of rotatable bonds is 9. The summed E-state index contributed by atoms with van der Waals surface area (Å²) >= 11 is 5.82. The molecule has 0 bridgehead atoms. The van der Waals surface area contributed by atoms with Gasteiger partial charge in [0.05, 0.1) is 0 Å². The number of hydrogen-bond acceptors (Lipinski definition) is 2. The van der Waals surface area contributed by atoms with Crippen LogP contribution >= 0.6 is 11.6 Å². The second-order valence-corrected chi connectivity index (χ2v) is 8.36. The maximum Gasteiger partial charge on any atom is 0.269 e. The van der Waals surface area contributed by atoms with Gasteiger partial charge in [-0.05, 0) is 36.1 Å². The van der Waals surface area contributed by atoms with Crippen LogP contribution in [0.4, 0.5) is 0 Å². The van der Waals surface area contributed by atoms with Gasteiger partial charge in [-0.15, -0.1) is 0 Å². The van der Waals surface area contributed by atoms with Crippen molar-refractivity contribution in [1.29, 1.82) is 0 Å². The third kappa shape index (κ3) is 8.22. The number of carbonyl (C=O) groups excluding carboxylic acids is 2. The summed E-state index contributed by atoms with van der Waals surface area (Å²) in [5, 5.41) is 0.567. The van der Waals surface area contributed by atoms with Crippen LogP contribution < -0.4 is 10.9 Å². The molecule has 146 valence electrons. The van der Waals surface area contributed by atoms with Crippen LogP contribution in [0, 0.1) is 11.3 Å². The molecule has 0 aromatic heterocycles. The average Bonchev–Trinajstić information content (AvgIpc) is 2.58. The Morgan fingerprint density at radius 3 is 2.12 bits per heavy atom. The molecule has 0 aliphatic carbocycles. The average molecular weight is 381 g/mol. The number of amides is 2. The van der Waals surface area contributed by atoms with Crippen molar-refractivity contribution in [3.05, 3.63) is 34.9 Å². The van der Waals surface area contributed by atoms with Crippen molar-refractivity contribution in [3.8, 4) is 0 Å². The van der Waals surface area contributed by atoms with Crippen LogP contribution in [-0.2, 0) is 4.79 Å². The maximum absolute atomic E-state index is 12.6. The molecular formula is C21H33ClN2O2. The van der Waals surface area contributed by atoms with E-state index in [1.165, 1.54) is 25.7 Å². The van der Waals surface area contributed by atoms with Gasteiger partial charge in [-0.25, -0.2) is 0 Å². The van der Waals surface area contributed by atoms with Crippen LogP contribution in [0.15, 0.2) is 24.3 Å². The van der Waals surface area contributed by atoms with Gasteiger partial charge in [0.25, 0.3) is 5.91 Å². The molecule has 0 spiro atoms. The van der Waals surface area contributed by atoms with Crippen LogP contribution in [0.2, 0.25) is 5.02 Å². The monoisotopic (exact) mass is 380 g/mol. The number of benzene rings is 1. The minimum absolute atomic E-state index is 0.131. The molecule has 4 nitrogen and oxygen atoms in total. The Hall–Kier alpha value is -1.55. The van der Waals surface area contributed by atoms with Crippen LogP contribution in [0.3, 0.4) is 0 Å². The zero-order valence-corrected chi connectivity index (χ0v) is 17.3. The van der Waals surface area contributed by atoms with Crippen molar-refractivity contribution in [2.24, 2.45) is 11.3 Å². The normalized spacial score (nSPS) is 12.5. The van der Waals surface area contributed by atoms with Crippen LogP contribution in [-0.4, -0.2) is 11.8 Å². The molecule has 0 saturated carbocycles. The standard InChI is InChI=1S/C21H33ClN2O2/c1-5-6-7-8-9-10-11-18(21(2,3)4)20(26)24-23-19(25)16-12-14-17(22)15-13-16/h12-15,18H,5-11H2,1-4H3,(H,23,25)(H,24,26). The third-order valence-corrected chi connectivity index (χ3v) is 4.87. The summed E-state index contributed by atoms with van der Waals surface area (Å²) in [7, 11) is 0. The third-order valence-electron chi connectivity index (χ3n) is 4.61. The quantitative estimate of drug-likeness (QED) is 0.438. The summed E-state index contributed by atoms with van der Waals surface area (Å²) in [5.41, 5.74) is 5.40. The summed E-state index contributed by atoms with van der Waals surface area (Å²) in [6, 6.07) is 6.55. The second-order valence-electron chi connectivity index (χ2n) is 7.93. The van der Waals surface area contributed by atoms with E-state index >= 15 is 0 Å². The van der Waals surface area contributed by atoms with Crippen LogP contribution in [0.25, 0.3) is 0 Å². The van der Waals surface area contributed by atoms with Gasteiger partial charge in [0.1, 0.15) is 0 Å². The van der Waals surface area contributed by atoms with Gasteiger partial charge in [-0.3, -0.25) is 20.4 Å². The zero-order chi connectivity index (χ0) is 19.6. The van der Waals surface area contributed by atoms with E-state index in [1.54, 1.807) is 24.3 Å². The molecule has 5 heteroatoms. The lowest BCUT2D eigenvalue weighted by molar-refractivity contribution is -0.129. The lowest BCUT2D eigenvalue weighted by Gasteiger charge is -2.29. The van der Waals surface area contributed by atoms with Crippen molar-refractivity contribution in [1.82, 2.24) is 10.9 Å². The molecule has 0 radical (unpaired) electrons. The molecular weight excluding hydrogens is 348 g/mol. The van der Waals surface area contributed by atoms with Crippen LogP contribution in [0.1, 0.15) is 83.0 Å². The van der Waals surface area contributed by atoms with Gasteiger partial charge < -0.3 is 0 Å². The highest BCUT2D eigenvalue weighted by atomic mass is 35.5. The van der Waals surface area contributed by atoms with Gasteiger partial charge in [-0.1, -0.05) is 77.8 Å². The summed E-state index contributed by atoms with van der Waals surface area (Å²) < 4.78 is 0. The van der Waals surface area contributed by atoms with E-state index in [2.05, 4.69) is 38.5 Å². The summed E-state index contributed by atoms with van der Waals surface area (Å²) in [5.74, 6) is -0.616. The number of hydrazine groups is 1. The molecule has 2 N–H and O–H groups in total. The molecule has 0 heterocycles. The Balaban J connectivity index is 2.49. The van der Waals surface area contributed by atoms with Crippen molar-refractivity contribution in [2.45, 2.75) is 72.6 Å². The topological polar surface area (TPSA) is 58.2 Å². The smallest absolute Gasteiger partial charge is 0.269 e. The first-order valence-corrected chi connectivity index (χ1v) is 9.99. The number of halogens is 1. The maximum atomic E-state index is 12.6. The Labute approximate surface area is 163 Å². The molecule has 0 fully saturated rings. The molecule has 2 amide bonds. The number of unbranched alkanes of at least 4 members (excludes halogenated alkanes) is 5. The van der Waals surface area contributed by atoms with Gasteiger partial charge in [-0.2, -0.15) is 0 Å². The molecule has 1 atom stereocenters. The molecule has 1 rings (SSSR count). The minimum Gasteiger partial charge on any atom is -0.273 e. The number of hydrogen-bond donors (Lipinski definition) is 2. The van der Waals surface area contributed by atoms with Crippen LogP contribution in [0.5, 0.6) is 0 Å². The van der Waals surface area contributed by atoms with E-state index < -0.39 is 0 Å². The molecule has 26 heavy (non-hydrogen) atoms. The first-order valence-electron chi connectivity index (χ1n) is 9.61. The molecule has 1 aromatic rings. The highest BCUT2D eigenvalue weighted by molar-refractivity contribution is 6.30. The van der Waals surface area contributed by atoms with E-state index in [0.717, 1.165) is 19.3 Å². The van der Waals surface area contributed by atoms with E-state index in [0.29, 0.717) is 10.6 Å². The lowest BCUT2D eigenvalue weighted by atomic mass is 9.77. The van der Waals surface area contributed by atoms with E-state index in [1.807, 2.05) is 0 Å². The molecule has 0 aliphatic rings. The molecule has 0 saturated heterocycles. The van der Waals surface area contributed by atoms with Gasteiger partial charge in [0.15, 0.2) is 0 Å². The summed E-state index contributed by atoms with van der Waals surface area (Å²) in [6.45, 7) is 8.40. The molecule has 1 unspecified atom stereocenters. The zero-order valence-electron chi connectivity index (χ0n) is 16.5. The predicted octanol–water partition coefficient (Wildman–Crippen LogP) is 5.51. The fourth-order valence-electron chi connectivity index (χ4n) is 2.97. The predicted molar refractivity (Wildman–Crippen MR) is 108 cm³/mol. The van der Waals surface area contributed by atoms with Gasteiger partial charge in [0.2, 0.25) is 5.91 Å². The van der Waals surface area contributed by atoms with Crippen molar-refractivity contribution < 1.29 is 9.59 Å². The minimum atomic E-state index is -0.345. The summed E-state index contributed by atoms with van der Waals surface area (Å²) in [4.78, 5) is 24.7. The Morgan fingerprint density at radius 1 is 0.962 bits per heavy atom. The highest BCUT2D eigenvalue weighted by Crippen LogP contribution is 2.30. The Bertz CT molecular complexity index is 564. The van der Waals surface area contributed by atoms with Gasteiger partial charge in [0, 0.05) is 16.5 Å². The van der Waals surface area contributed by atoms with Crippen molar-refractivity contribution in [2.75, 3.05) is 0 Å². The highest BCUT2D eigenvalue weighted by Gasteiger charge is 2.30. The Kier molecular flexibility index (Phi) is 9.71. The summed E-state index contributed by atoms with van der Waals surface area (Å²) in [6.07, 6.45) is 8.01. The Morgan fingerprint density at radius 2 is 1.54 bits per heavy atom. The van der Waals surface area contributed by atoms with Gasteiger partial charge >= 0.3 is 0 Å². The van der Waals surface area contributed by atoms with E-state index in [4.69, 9.17) is 11.6 Å². The van der Waals surface area contributed by atoms with Crippen molar-refractivity contribution >= 4 is 23.4 Å². The van der Waals surface area contributed by atoms with E-state index in [9.17, 15) is 9.59 Å². The first kappa shape index (κ1) is 22.5. The largest absolute Gasteiger partial charge is 0.273 e. The molecule has 1 aromatic carbocycles. The second kappa shape index (κ2) is 11.2. The fraction of sp³-hybridized carbons (Fsp3) is 0.619. The van der Waals surface area contributed by atoms with Crippen molar-refractivity contribution in [3.63, 3.8) is 0 Å².